The Bertz CT molecular complexity index is 665. The summed E-state index contributed by atoms with van der Waals surface area (Å²) in [5.74, 6) is 0.919. The highest BCUT2D eigenvalue weighted by molar-refractivity contribution is 7.98. The smallest absolute Gasteiger partial charge is 0.126 e. The van der Waals surface area contributed by atoms with Gasteiger partial charge < -0.3 is 10.4 Å². The Kier molecular flexibility index (Phi) is 4.59. The van der Waals surface area contributed by atoms with Gasteiger partial charge in [0.25, 0.3) is 0 Å². The van der Waals surface area contributed by atoms with Crippen LogP contribution in [-0.2, 0) is 0 Å². The maximum Gasteiger partial charge on any atom is 0.126 e. The average Bonchev–Trinajstić information content (AvgIpc) is 3.02. The lowest BCUT2D eigenvalue weighted by Crippen LogP contribution is -2.30. The van der Waals surface area contributed by atoms with Crippen molar-refractivity contribution in [2.75, 3.05) is 24.7 Å². The molecule has 0 bridgehead atoms. The zero-order chi connectivity index (χ0) is 15.6. The molecule has 1 heterocycles. The molecule has 0 unspecified atom stereocenters. The monoisotopic (exact) mass is 316 g/mol. The minimum absolute atomic E-state index is 0.0473. The van der Waals surface area contributed by atoms with Gasteiger partial charge in [-0.15, -0.1) is 11.8 Å². The first-order valence-corrected chi connectivity index (χ1v) is 9.18. The third-order valence-corrected chi connectivity index (χ3v) is 5.59. The van der Waals surface area contributed by atoms with Crippen molar-refractivity contribution in [2.45, 2.75) is 37.5 Å². The minimum atomic E-state index is 0.0473. The second kappa shape index (κ2) is 6.47. The highest BCUT2D eigenvalue weighted by atomic mass is 32.2. The van der Waals surface area contributed by atoms with Crippen LogP contribution in [0.1, 0.15) is 31.2 Å². The van der Waals surface area contributed by atoms with E-state index in [2.05, 4.69) is 42.8 Å². The first-order valence-electron chi connectivity index (χ1n) is 7.96. The third-order valence-electron chi connectivity index (χ3n) is 4.87. The maximum atomic E-state index is 9.73. The topological polar surface area (TPSA) is 45.1 Å². The average molecular weight is 316 g/mol. The van der Waals surface area contributed by atoms with Crippen molar-refractivity contribution in [2.24, 2.45) is 5.41 Å². The Morgan fingerprint density at radius 3 is 2.73 bits per heavy atom. The number of aryl methyl sites for hydroxylation is 1. The summed E-state index contributed by atoms with van der Waals surface area (Å²) in [6, 6.07) is 8.56. The SMILES string of the molecule is CSc1ccc2c(C)cc(NCC3(CO)CCCC3)nc2c1. The predicted octanol–water partition coefficient (Wildman–Crippen LogP) is 4.23. The highest BCUT2D eigenvalue weighted by Crippen LogP contribution is 2.37. The molecule has 0 aliphatic heterocycles. The number of rotatable bonds is 5. The molecule has 2 N–H and O–H groups in total. The summed E-state index contributed by atoms with van der Waals surface area (Å²) in [6.45, 7) is 3.21. The van der Waals surface area contributed by atoms with Gasteiger partial charge >= 0.3 is 0 Å². The fourth-order valence-electron chi connectivity index (χ4n) is 3.39. The molecule has 0 amide bonds. The number of nitrogens with one attached hydrogen (secondary N) is 1. The molecule has 2 aromatic rings. The van der Waals surface area contributed by atoms with Crippen molar-refractivity contribution in [3.05, 3.63) is 29.8 Å². The Labute approximate surface area is 136 Å². The van der Waals surface area contributed by atoms with E-state index in [1.165, 1.54) is 28.7 Å². The van der Waals surface area contributed by atoms with E-state index in [4.69, 9.17) is 4.98 Å². The van der Waals surface area contributed by atoms with Gasteiger partial charge in [0.15, 0.2) is 0 Å². The molecule has 0 saturated heterocycles. The fraction of sp³-hybridized carbons (Fsp3) is 0.500. The number of nitrogens with zero attached hydrogens (tertiary/aromatic N) is 1. The normalized spacial score (nSPS) is 17.0. The number of aromatic nitrogens is 1. The van der Waals surface area contributed by atoms with E-state index in [0.717, 1.165) is 30.7 Å². The molecule has 3 nitrogen and oxygen atoms in total. The number of hydrogen-bond donors (Lipinski definition) is 2. The number of aliphatic hydroxyl groups excluding tert-OH is 1. The maximum absolute atomic E-state index is 9.73. The molecule has 1 fully saturated rings. The molecular weight excluding hydrogens is 292 g/mol. The van der Waals surface area contributed by atoms with Gasteiger partial charge in [0.2, 0.25) is 0 Å². The van der Waals surface area contributed by atoms with E-state index in [9.17, 15) is 5.11 Å². The summed E-state index contributed by atoms with van der Waals surface area (Å²) >= 11 is 1.74. The van der Waals surface area contributed by atoms with Gasteiger partial charge in [-0.2, -0.15) is 0 Å². The molecule has 0 atom stereocenters. The molecule has 4 heteroatoms. The van der Waals surface area contributed by atoms with Gasteiger partial charge in [-0.1, -0.05) is 18.9 Å². The van der Waals surface area contributed by atoms with E-state index in [1.807, 2.05) is 0 Å². The van der Waals surface area contributed by atoms with E-state index in [1.54, 1.807) is 11.8 Å². The van der Waals surface area contributed by atoms with Crippen molar-refractivity contribution >= 4 is 28.5 Å². The lowest BCUT2D eigenvalue weighted by Gasteiger charge is -2.27. The molecule has 1 aliphatic carbocycles. The van der Waals surface area contributed by atoms with Crippen LogP contribution >= 0.6 is 11.8 Å². The number of aliphatic hydroxyl groups is 1. The minimum Gasteiger partial charge on any atom is -0.396 e. The predicted molar refractivity (Wildman–Crippen MR) is 94.7 cm³/mol. The second-order valence-electron chi connectivity index (χ2n) is 6.43. The van der Waals surface area contributed by atoms with Gasteiger partial charge in [0, 0.05) is 22.2 Å². The molecule has 3 rings (SSSR count). The number of hydrogen-bond acceptors (Lipinski definition) is 4. The van der Waals surface area contributed by atoms with Crippen LogP contribution in [-0.4, -0.2) is 29.5 Å². The lowest BCUT2D eigenvalue weighted by molar-refractivity contribution is 0.142. The van der Waals surface area contributed by atoms with Crippen molar-refractivity contribution in [1.29, 1.82) is 0 Å². The van der Waals surface area contributed by atoms with Crippen molar-refractivity contribution in [1.82, 2.24) is 4.98 Å². The zero-order valence-electron chi connectivity index (χ0n) is 13.4. The Balaban J connectivity index is 1.84. The first-order chi connectivity index (χ1) is 10.7. The quantitative estimate of drug-likeness (QED) is 0.810. The van der Waals surface area contributed by atoms with Crippen molar-refractivity contribution in [3.63, 3.8) is 0 Å². The number of thioether (sulfide) groups is 1. The van der Waals surface area contributed by atoms with Gasteiger partial charge in [-0.3, -0.25) is 0 Å². The summed E-state index contributed by atoms with van der Waals surface area (Å²) in [5.41, 5.74) is 2.33. The molecule has 1 aromatic heterocycles. The number of pyridine rings is 1. The molecular formula is C18H24N2OS. The summed E-state index contributed by atoms with van der Waals surface area (Å²) in [7, 11) is 0. The molecule has 1 saturated carbocycles. The van der Waals surface area contributed by atoms with Crippen LogP contribution in [0.5, 0.6) is 0 Å². The second-order valence-corrected chi connectivity index (χ2v) is 7.31. The number of anilines is 1. The van der Waals surface area contributed by atoms with Gasteiger partial charge in [-0.25, -0.2) is 4.98 Å². The molecule has 0 radical (unpaired) electrons. The van der Waals surface area contributed by atoms with Crippen LogP contribution in [0.15, 0.2) is 29.2 Å². The van der Waals surface area contributed by atoms with Crippen molar-refractivity contribution < 1.29 is 5.11 Å². The Hall–Kier alpha value is -1.26. The van der Waals surface area contributed by atoms with Crippen LogP contribution in [0.3, 0.4) is 0 Å². The van der Waals surface area contributed by atoms with Crippen LogP contribution < -0.4 is 5.32 Å². The van der Waals surface area contributed by atoms with Crippen LogP contribution in [0.2, 0.25) is 0 Å². The Morgan fingerprint density at radius 2 is 2.05 bits per heavy atom. The third kappa shape index (κ3) is 3.08. The Morgan fingerprint density at radius 1 is 1.27 bits per heavy atom. The zero-order valence-corrected chi connectivity index (χ0v) is 14.2. The highest BCUT2D eigenvalue weighted by Gasteiger charge is 2.32. The molecule has 1 aromatic carbocycles. The lowest BCUT2D eigenvalue weighted by atomic mass is 9.87. The van der Waals surface area contributed by atoms with E-state index in [-0.39, 0.29) is 12.0 Å². The number of benzene rings is 1. The largest absolute Gasteiger partial charge is 0.396 e. The van der Waals surface area contributed by atoms with E-state index < -0.39 is 0 Å². The van der Waals surface area contributed by atoms with Crippen LogP contribution in [0, 0.1) is 12.3 Å². The molecule has 118 valence electrons. The molecule has 0 spiro atoms. The van der Waals surface area contributed by atoms with Gasteiger partial charge in [0.1, 0.15) is 5.82 Å². The molecule has 22 heavy (non-hydrogen) atoms. The summed E-state index contributed by atoms with van der Waals surface area (Å²) in [5, 5.41) is 14.4. The summed E-state index contributed by atoms with van der Waals surface area (Å²) in [4.78, 5) is 6.00. The van der Waals surface area contributed by atoms with Crippen LogP contribution in [0.25, 0.3) is 10.9 Å². The first kappa shape index (κ1) is 15.6. The summed E-state index contributed by atoms with van der Waals surface area (Å²) in [6.07, 6.45) is 6.76. The van der Waals surface area contributed by atoms with Gasteiger partial charge in [-0.05, 0) is 49.8 Å². The van der Waals surface area contributed by atoms with E-state index in [0.29, 0.717) is 0 Å². The van der Waals surface area contributed by atoms with Gasteiger partial charge in [0.05, 0.1) is 12.1 Å². The fourth-order valence-corrected chi connectivity index (χ4v) is 3.83. The van der Waals surface area contributed by atoms with E-state index >= 15 is 0 Å². The van der Waals surface area contributed by atoms with Crippen LogP contribution in [0.4, 0.5) is 5.82 Å². The standard InChI is InChI=1S/C18H24N2OS/c1-13-9-17(19-11-18(12-21)7-3-4-8-18)20-16-10-14(22-2)5-6-15(13)16/h5-6,9-10,21H,3-4,7-8,11-12H2,1-2H3,(H,19,20). The molecule has 1 aliphatic rings. The van der Waals surface area contributed by atoms with Crippen molar-refractivity contribution in [3.8, 4) is 0 Å². The summed E-state index contributed by atoms with van der Waals surface area (Å²) < 4.78 is 0. The number of fused-ring (bicyclic) bond motifs is 1.